The number of benzene rings is 2. The van der Waals surface area contributed by atoms with Crippen LogP contribution in [0.2, 0.25) is 0 Å². The first-order valence-corrected chi connectivity index (χ1v) is 7.71. The van der Waals surface area contributed by atoms with E-state index in [2.05, 4.69) is 15.9 Å². The zero-order valence-electron chi connectivity index (χ0n) is 12.3. The molecule has 0 N–H and O–H groups in total. The summed E-state index contributed by atoms with van der Waals surface area (Å²) < 4.78 is 6.69. The normalized spacial score (nSPS) is 13.1. The first-order valence-electron chi connectivity index (χ1n) is 6.92. The summed E-state index contributed by atoms with van der Waals surface area (Å²) in [6.45, 7) is 0.853. The first-order chi connectivity index (χ1) is 9.96. The van der Waals surface area contributed by atoms with Crippen molar-refractivity contribution in [2.45, 2.75) is 6.10 Å². The van der Waals surface area contributed by atoms with E-state index in [0.29, 0.717) is 13.2 Å². The van der Waals surface area contributed by atoms with Crippen LogP contribution in [-0.2, 0) is 4.74 Å². The van der Waals surface area contributed by atoms with Gasteiger partial charge in [-0.2, -0.15) is 0 Å². The predicted molar refractivity (Wildman–Crippen MR) is 88.7 cm³/mol. The molecule has 0 heterocycles. The van der Waals surface area contributed by atoms with Crippen LogP contribution in [0.5, 0.6) is 0 Å². The molecule has 0 amide bonds. The molecule has 0 aliphatic rings. The van der Waals surface area contributed by atoms with Crippen molar-refractivity contribution in [3.05, 3.63) is 75.4 Å². The van der Waals surface area contributed by atoms with Gasteiger partial charge in [0.1, 0.15) is 12.6 Å². The molecule has 2 rings (SSSR count). The molecule has 0 bridgehead atoms. The van der Waals surface area contributed by atoms with Crippen LogP contribution in [0.4, 0.5) is 0 Å². The van der Waals surface area contributed by atoms with Gasteiger partial charge in [-0.05, 0) is 23.3 Å². The molecule has 21 heavy (non-hydrogen) atoms. The number of halogens is 1. The zero-order chi connectivity index (χ0) is 15.3. The second-order valence-corrected chi connectivity index (χ2v) is 6.43. The molecule has 0 saturated carbocycles. The summed E-state index contributed by atoms with van der Waals surface area (Å²) in [6, 6.07) is 18.2. The molecule has 0 spiro atoms. The Kier molecular flexibility index (Phi) is 5.53. The van der Waals surface area contributed by atoms with Crippen LogP contribution in [0.3, 0.4) is 0 Å². The fourth-order valence-electron chi connectivity index (χ4n) is 2.04. The van der Waals surface area contributed by atoms with Crippen LogP contribution in [0.1, 0.15) is 17.2 Å². The Hall–Kier alpha value is -1.20. The number of rotatable bonds is 6. The third-order valence-corrected chi connectivity index (χ3v) is 3.72. The standard InChI is InChI=1S/C17H20BrNO2/c1-19(2,20)12-13-21-17(14-6-4-3-5-7-14)15-8-10-16(18)11-9-15/h3-11,17H,12-13H2,1-2H3. The van der Waals surface area contributed by atoms with Crippen molar-refractivity contribution in [1.82, 2.24) is 0 Å². The average molecular weight is 350 g/mol. The highest BCUT2D eigenvalue weighted by Gasteiger charge is 2.15. The van der Waals surface area contributed by atoms with Crippen molar-refractivity contribution in [2.24, 2.45) is 0 Å². The maximum Gasteiger partial charge on any atom is 0.108 e. The third kappa shape index (κ3) is 5.25. The Bertz CT molecular complexity index is 549. The quantitative estimate of drug-likeness (QED) is 0.580. The fourth-order valence-corrected chi connectivity index (χ4v) is 2.31. The van der Waals surface area contributed by atoms with Gasteiger partial charge >= 0.3 is 0 Å². The van der Waals surface area contributed by atoms with Crippen molar-refractivity contribution in [2.75, 3.05) is 27.2 Å². The number of hydrogen-bond donors (Lipinski definition) is 0. The van der Waals surface area contributed by atoms with Crippen LogP contribution in [0.15, 0.2) is 59.1 Å². The van der Waals surface area contributed by atoms with Gasteiger partial charge in [-0.3, -0.25) is 0 Å². The number of ether oxygens (including phenoxy) is 1. The maximum atomic E-state index is 11.7. The van der Waals surface area contributed by atoms with Crippen LogP contribution < -0.4 is 0 Å². The number of hydrogen-bond acceptors (Lipinski definition) is 2. The highest BCUT2D eigenvalue weighted by molar-refractivity contribution is 9.10. The lowest BCUT2D eigenvalue weighted by Gasteiger charge is -2.34. The van der Waals surface area contributed by atoms with Gasteiger partial charge in [-0.25, -0.2) is 0 Å². The minimum Gasteiger partial charge on any atom is -0.633 e. The lowest BCUT2D eigenvalue weighted by molar-refractivity contribution is -0.840. The molecule has 112 valence electrons. The molecule has 2 aromatic rings. The van der Waals surface area contributed by atoms with Crippen molar-refractivity contribution in [1.29, 1.82) is 0 Å². The highest BCUT2D eigenvalue weighted by Crippen LogP contribution is 2.27. The van der Waals surface area contributed by atoms with Gasteiger partial charge in [0.05, 0.1) is 20.7 Å². The van der Waals surface area contributed by atoms with Gasteiger partial charge in [-0.15, -0.1) is 0 Å². The Morgan fingerprint density at radius 2 is 1.57 bits per heavy atom. The van der Waals surface area contributed by atoms with Gasteiger partial charge in [0.25, 0.3) is 0 Å². The number of nitrogens with zero attached hydrogens (tertiary/aromatic N) is 1. The van der Waals surface area contributed by atoms with Crippen LogP contribution >= 0.6 is 15.9 Å². The fraction of sp³-hybridized carbons (Fsp3) is 0.294. The van der Waals surface area contributed by atoms with Crippen molar-refractivity contribution < 1.29 is 9.38 Å². The summed E-state index contributed by atoms with van der Waals surface area (Å²) in [7, 11) is 3.25. The van der Waals surface area contributed by atoms with E-state index in [1.807, 2.05) is 54.6 Å². The van der Waals surface area contributed by atoms with E-state index in [0.717, 1.165) is 15.6 Å². The summed E-state index contributed by atoms with van der Waals surface area (Å²) in [5.41, 5.74) is 2.18. The van der Waals surface area contributed by atoms with Crippen molar-refractivity contribution >= 4 is 15.9 Å². The van der Waals surface area contributed by atoms with Crippen LogP contribution in [-0.4, -0.2) is 31.9 Å². The highest BCUT2D eigenvalue weighted by atomic mass is 79.9. The molecule has 1 atom stereocenters. The van der Waals surface area contributed by atoms with Crippen LogP contribution in [0.25, 0.3) is 0 Å². The molecule has 0 aliphatic heterocycles. The van der Waals surface area contributed by atoms with Gasteiger partial charge < -0.3 is 14.6 Å². The lowest BCUT2D eigenvalue weighted by Crippen LogP contribution is -2.35. The van der Waals surface area contributed by atoms with Crippen molar-refractivity contribution in [3.63, 3.8) is 0 Å². The molecule has 2 aromatic carbocycles. The zero-order valence-corrected chi connectivity index (χ0v) is 13.9. The van der Waals surface area contributed by atoms with E-state index < -0.39 is 0 Å². The summed E-state index contributed by atoms with van der Waals surface area (Å²) >= 11 is 3.44. The number of hydroxylamine groups is 3. The van der Waals surface area contributed by atoms with E-state index in [4.69, 9.17) is 4.74 Å². The largest absolute Gasteiger partial charge is 0.633 e. The maximum absolute atomic E-state index is 11.7. The summed E-state index contributed by atoms with van der Waals surface area (Å²) in [5, 5.41) is 11.7. The summed E-state index contributed by atoms with van der Waals surface area (Å²) in [6.07, 6.45) is -0.147. The molecular formula is C17H20BrNO2. The van der Waals surface area contributed by atoms with E-state index >= 15 is 0 Å². The first kappa shape index (κ1) is 16.2. The molecule has 0 fully saturated rings. The Morgan fingerprint density at radius 3 is 2.14 bits per heavy atom. The monoisotopic (exact) mass is 349 g/mol. The number of likely N-dealkylation sites (N-methyl/N-ethyl adjacent to an activating group) is 1. The Balaban J connectivity index is 2.17. The SMILES string of the molecule is C[N+](C)([O-])CCOC(c1ccccc1)c1ccc(Br)cc1. The second kappa shape index (κ2) is 7.18. The van der Waals surface area contributed by atoms with Gasteiger partial charge in [0.2, 0.25) is 0 Å². The molecule has 3 nitrogen and oxygen atoms in total. The van der Waals surface area contributed by atoms with Gasteiger partial charge in [0.15, 0.2) is 0 Å². The minimum atomic E-state index is -0.345. The summed E-state index contributed by atoms with van der Waals surface area (Å²) in [5.74, 6) is 0. The van der Waals surface area contributed by atoms with E-state index in [-0.39, 0.29) is 10.8 Å². The van der Waals surface area contributed by atoms with E-state index in [1.54, 1.807) is 14.1 Å². The molecule has 0 aromatic heterocycles. The lowest BCUT2D eigenvalue weighted by atomic mass is 10.0. The van der Waals surface area contributed by atoms with Crippen LogP contribution in [0, 0.1) is 5.21 Å². The van der Waals surface area contributed by atoms with Gasteiger partial charge in [-0.1, -0.05) is 58.4 Å². The Morgan fingerprint density at radius 1 is 1.00 bits per heavy atom. The molecule has 0 radical (unpaired) electrons. The number of quaternary nitrogens is 1. The third-order valence-electron chi connectivity index (χ3n) is 3.19. The molecular weight excluding hydrogens is 330 g/mol. The molecule has 0 saturated heterocycles. The molecule has 0 aliphatic carbocycles. The smallest absolute Gasteiger partial charge is 0.108 e. The van der Waals surface area contributed by atoms with E-state index in [1.165, 1.54) is 0 Å². The Labute approximate surface area is 134 Å². The van der Waals surface area contributed by atoms with Gasteiger partial charge in [0, 0.05) is 4.47 Å². The molecule has 1 unspecified atom stereocenters. The molecule has 4 heteroatoms. The average Bonchev–Trinajstić information content (AvgIpc) is 2.45. The predicted octanol–water partition coefficient (Wildman–Crippen LogP) is 4.13. The summed E-state index contributed by atoms with van der Waals surface area (Å²) in [4.78, 5) is 0. The topological polar surface area (TPSA) is 32.3 Å². The minimum absolute atomic E-state index is 0.147. The van der Waals surface area contributed by atoms with Crippen molar-refractivity contribution in [3.8, 4) is 0 Å². The van der Waals surface area contributed by atoms with E-state index in [9.17, 15) is 5.21 Å². The second-order valence-electron chi connectivity index (χ2n) is 5.51.